The lowest BCUT2D eigenvalue weighted by Gasteiger charge is -2.19. The lowest BCUT2D eigenvalue weighted by molar-refractivity contribution is 0.426. The fourth-order valence-corrected chi connectivity index (χ4v) is 1.56. The lowest BCUT2D eigenvalue weighted by atomic mass is 10.1. The Morgan fingerprint density at radius 2 is 2.07 bits per heavy atom. The standard InChI is InChI=1S/C9H17N3OS/c1-7-11-12-8(13-7)14-6-5-10-9(2,3)4/h10H,5-6H2,1-4H3. The van der Waals surface area contributed by atoms with Crippen molar-refractivity contribution in [2.75, 3.05) is 12.3 Å². The molecule has 0 bridgehead atoms. The first-order chi connectivity index (χ1) is 6.47. The van der Waals surface area contributed by atoms with Crippen LogP contribution in [-0.4, -0.2) is 28.0 Å². The van der Waals surface area contributed by atoms with E-state index in [2.05, 4.69) is 36.3 Å². The molecule has 0 aromatic carbocycles. The van der Waals surface area contributed by atoms with E-state index in [9.17, 15) is 0 Å². The molecule has 80 valence electrons. The molecule has 0 amide bonds. The van der Waals surface area contributed by atoms with Crippen molar-refractivity contribution in [2.24, 2.45) is 0 Å². The minimum atomic E-state index is 0.172. The Kier molecular flexibility index (Phi) is 3.95. The zero-order valence-electron chi connectivity index (χ0n) is 9.13. The second kappa shape index (κ2) is 4.79. The van der Waals surface area contributed by atoms with Crippen LogP contribution in [0.25, 0.3) is 0 Å². The van der Waals surface area contributed by atoms with E-state index in [1.165, 1.54) is 0 Å². The molecule has 0 unspecified atom stereocenters. The highest BCUT2D eigenvalue weighted by atomic mass is 32.2. The minimum Gasteiger partial charge on any atom is -0.416 e. The molecule has 1 N–H and O–H groups in total. The van der Waals surface area contributed by atoms with Crippen LogP contribution in [0, 0.1) is 6.92 Å². The fourth-order valence-electron chi connectivity index (χ4n) is 0.901. The highest BCUT2D eigenvalue weighted by molar-refractivity contribution is 7.99. The summed E-state index contributed by atoms with van der Waals surface area (Å²) >= 11 is 1.58. The van der Waals surface area contributed by atoms with E-state index >= 15 is 0 Å². The summed E-state index contributed by atoms with van der Waals surface area (Å²) in [6.45, 7) is 9.18. The van der Waals surface area contributed by atoms with E-state index in [1.807, 2.05) is 0 Å². The van der Waals surface area contributed by atoms with Crippen LogP contribution in [0.2, 0.25) is 0 Å². The van der Waals surface area contributed by atoms with E-state index in [1.54, 1.807) is 18.7 Å². The number of nitrogens with zero attached hydrogens (tertiary/aromatic N) is 2. The molecule has 5 heteroatoms. The molecule has 0 atom stereocenters. The first kappa shape index (κ1) is 11.5. The quantitative estimate of drug-likeness (QED) is 0.613. The normalized spacial score (nSPS) is 12.0. The number of hydrogen-bond acceptors (Lipinski definition) is 5. The van der Waals surface area contributed by atoms with Gasteiger partial charge in [-0.15, -0.1) is 10.2 Å². The van der Waals surface area contributed by atoms with E-state index in [0.29, 0.717) is 11.1 Å². The van der Waals surface area contributed by atoms with Crippen molar-refractivity contribution in [2.45, 2.75) is 38.5 Å². The van der Waals surface area contributed by atoms with Crippen molar-refractivity contribution >= 4 is 11.8 Å². The number of aryl methyl sites for hydroxylation is 1. The molecule has 0 aliphatic carbocycles. The van der Waals surface area contributed by atoms with Gasteiger partial charge >= 0.3 is 0 Å². The summed E-state index contributed by atoms with van der Waals surface area (Å²) in [5.41, 5.74) is 0.172. The predicted octanol–water partition coefficient (Wildman–Crippen LogP) is 1.86. The third-order valence-corrected chi connectivity index (χ3v) is 2.31. The third kappa shape index (κ3) is 4.62. The number of rotatable bonds is 4. The van der Waals surface area contributed by atoms with Crippen molar-refractivity contribution in [1.82, 2.24) is 15.5 Å². The number of nitrogens with one attached hydrogen (secondary N) is 1. The van der Waals surface area contributed by atoms with Gasteiger partial charge in [-0.2, -0.15) is 0 Å². The Bertz CT molecular complexity index is 280. The molecule has 1 heterocycles. The first-order valence-electron chi connectivity index (χ1n) is 4.65. The van der Waals surface area contributed by atoms with Gasteiger partial charge in [0.05, 0.1) is 0 Å². The van der Waals surface area contributed by atoms with Crippen LogP contribution in [0.1, 0.15) is 26.7 Å². The van der Waals surface area contributed by atoms with Crippen molar-refractivity contribution < 1.29 is 4.42 Å². The average molecular weight is 215 g/mol. The van der Waals surface area contributed by atoms with Gasteiger partial charge in [0.2, 0.25) is 5.89 Å². The van der Waals surface area contributed by atoms with Crippen molar-refractivity contribution in [3.05, 3.63) is 5.89 Å². The third-order valence-electron chi connectivity index (χ3n) is 1.49. The summed E-state index contributed by atoms with van der Waals surface area (Å²) in [5.74, 6) is 1.56. The van der Waals surface area contributed by atoms with Crippen LogP contribution in [0.4, 0.5) is 0 Å². The Morgan fingerprint density at radius 1 is 1.36 bits per heavy atom. The van der Waals surface area contributed by atoms with E-state index in [-0.39, 0.29) is 5.54 Å². The SMILES string of the molecule is Cc1nnc(SCCNC(C)(C)C)o1. The van der Waals surface area contributed by atoms with Gasteiger partial charge < -0.3 is 9.73 Å². The molecule has 0 aliphatic heterocycles. The highest BCUT2D eigenvalue weighted by Crippen LogP contribution is 2.14. The molecule has 1 aromatic heterocycles. The Hall–Kier alpha value is -0.550. The van der Waals surface area contributed by atoms with Crippen LogP contribution in [0.5, 0.6) is 0 Å². The molecule has 4 nitrogen and oxygen atoms in total. The van der Waals surface area contributed by atoms with Crippen molar-refractivity contribution in [3.63, 3.8) is 0 Å². The van der Waals surface area contributed by atoms with Crippen molar-refractivity contribution in [1.29, 1.82) is 0 Å². The molecule has 0 fully saturated rings. The van der Waals surface area contributed by atoms with Crippen LogP contribution < -0.4 is 5.32 Å². The smallest absolute Gasteiger partial charge is 0.276 e. The maximum absolute atomic E-state index is 5.23. The van der Waals surface area contributed by atoms with Crippen LogP contribution >= 0.6 is 11.8 Å². The topological polar surface area (TPSA) is 51.0 Å². The zero-order valence-corrected chi connectivity index (χ0v) is 9.94. The monoisotopic (exact) mass is 215 g/mol. The first-order valence-corrected chi connectivity index (χ1v) is 5.64. The van der Waals surface area contributed by atoms with E-state index in [0.717, 1.165) is 12.3 Å². The molecule has 0 saturated heterocycles. The van der Waals surface area contributed by atoms with Crippen LogP contribution in [0.15, 0.2) is 9.64 Å². The van der Waals surface area contributed by atoms with Gasteiger partial charge in [0.15, 0.2) is 0 Å². The molecular weight excluding hydrogens is 198 g/mol. The summed E-state index contributed by atoms with van der Waals surface area (Å²) in [7, 11) is 0. The van der Waals surface area contributed by atoms with Crippen LogP contribution in [0.3, 0.4) is 0 Å². The molecule has 0 radical (unpaired) electrons. The highest BCUT2D eigenvalue weighted by Gasteiger charge is 2.08. The number of thioether (sulfide) groups is 1. The Labute approximate surface area is 88.9 Å². The second-order valence-corrected chi connectivity index (χ2v) is 5.16. The van der Waals surface area contributed by atoms with Crippen LogP contribution in [-0.2, 0) is 0 Å². The lowest BCUT2D eigenvalue weighted by Crippen LogP contribution is -2.37. The summed E-state index contributed by atoms with van der Waals surface area (Å²) in [6, 6.07) is 0. The fraction of sp³-hybridized carbons (Fsp3) is 0.778. The number of hydrogen-bond donors (Lipinski definition) is 1. The maximum atomic E-state index is 5.23. The molecular formula is C9H17N3OS. The predicted molar refractivity (Wildman–Crippen MR) is 57.5 cm³/mol. The van der Waals surface area contributed by atoms with Gasteiger partial charge in [-0.25, -0.2) is 0 Å². The summed E-state index contributed by atoms with van der Waals surface area (Å²) in [4.78, 5) is 0. The molecule has 1 rings (SSSR count). The molecule has 0 aliphatic rings. The minimum absolute atomic E-state index is 0.172. The summed E-state index contributed by atoms with van der Waals surface area (Å²) < 4.78 is 5.23. The van der Waals surface area contributed by atoms with E-state index < -0.39 is 0 Å². The molecule has 14 heavy (non-hydrogen) atoms. The van der Waals surface area contributed by atoms with Crippen molar-refractivity contribution in [3.8, 4) is 0 Å². The van der Waals surface area contributed by atoms with Gasteiger partial charge in [0, 0.05) is 24.8 Å². The van der Waals surface area contributed by atoms with Gasteiger partial charge in [-0.1, -0.05) is 11.8 Å². The Morgan fingerprint density at radius 3 is 2.57 bits per heavy atom. The molecule has 1 aromatic rings. The summed E-state index contributed by atoms with van der Waals surface area (Å²) in [6.07, 6.45) is 0. The molecule has 0 saturated carbocycles. The van der Waals surface area contributed by atoms with Gasteiger partial charge in [-0.3, -0.25) is 0 Å². The largest absolute Gasteiger partial charge is 0.416 e. The summed E-state index contributed by atoms with van der Waals surface area (Å²) in [5, 5.41) is 11.7. The maximum Gasteiger partial charge on any atom is 0.276 e. The van der Waals surface area contributed by atoms with Gasteiger partial charge in [0.1, 0.15) is 0 Å². The number of aromatic nitrogens is 2. The van der Waals surface area contributed by atoms with E-state index in [4.69, 9.17) is 4.42 Å². The average Bonchev–Trinajstić information content (AvgIpc) is 2.44. The van der Waals surface area contributed by atoms with Gasteiger partial charge in [0.25, 0.3) is 5.22 Å². The second-order valence-electron chi connectivity index (χ2n) is 4.11. The van der Waals surface area contributed by atoms with Gasteiger partial charge in [-0.05, 0) is 20.8 Å². The zero-order chi connectivity index (χ0) is 10.6. The molecule has 0 spiro atoms. The Balaban J connectivity index is 2.16.